The summed E-state index contributed by atoms with van der Waals surface area (Å²) in [7, 11) is 0. The predicted octanol–water partition coefficient (Wildman–Crippen LogP) is 2.16. The molecule has 7 heteroatoms. The van der Waals surface area contributed by atoms with Gasteiger partial charge in [-0.1, -0.05) is 0 Å². The molecule has 0 aromatic heterocycles. The molecule has 0 heterocycles. The maximum absolute atomic E-state index is 12.9. The molecule has 1 rings (SSSR count). The Morgan fingerprint density at radius 3 is 1.50 bits per heavy atom. The quantitative estimate of drug-likeness (QED) is 0.382. The Balaban J connectivity index is 2.91. The summed E-state index contributed by atoms with van der Waals surface area (Å²) in [6.07, 6.45) is -13.3. The zero-order valence-corrected chi connectivity index (χ0v) is 7.53. The zero-order chi connectivity index (χ0) is 10.9. The van der Waals surface area contributed by atoms with Crippen LogP contribution in [0.5, 0.6) is 0 Å². The number of nitrogens with zero attached hydrogens (tertiary/aromatic N) is 1. The zero-order valence-electron chi connectivity index (χ0n) is 6.71. The molecule has 1 aliphatic carbocycles. The smallest absolute Gasteiger partial charge is 0.168 e. The van der Waals surface area contributed by atoms with Gasteiger partial charge in [-0.15, -0.1) is 0 Å². The highest BCUT2D eigenvalue weighted by molar-refractivity contribution is 7.78. The lowest BCUT2D eigenvalue weighted by molar-refractivity contribution is -0.0622. The fourth-order valence-corrected chi connectivity index (χ4v) is 1.40. The van der Waals surface area contributed by atoms with E-state index in [1.807, 2.05) is 0 Å². The summed E-state index contributed by atoms with van der Waals surface area (Å²) in [6, 6.07) is -1.94. The van der Waals surface area contributed by atoms with E-state index in [1.165, 1.54) is 0 Å². The van der Waals surface area contributed by atoms with Crippen LogP contribution in [0.1, 0.15) is 0 Å². The highest BCUT2D eigenvalue weighted by Crippen LogP contribution is 2.33. The molecule has 80 valence electrons. The van der Waals surface area contributed by atoms with Crippen molar-refractivity contribution in [2.75, 3.05) is 0 Å². The summed E-state index contributed by atoms with van der Waals surface area (Å²) in [5, 5.41) is 1.63. The number of rotatable bonds is 1. The molecule has 0 aromatic rings. The maximum atomic E-state index is 12.9. The lowest BCUT2D eigenvalue weighted by Gasteiger charge is -2.33. The van der Waals surface area contributed by atoms with Crippen LogP contribution in [0.3, 0.4) is 0 Å². The van der Waals surface area contributed by atoms with Gasteiger partial charge in [0, 0.05) is 0 Å². The van der Waals surface area contributed by atoms with E-state index in [1.54, 1.807) is 5.16 Å². The largest absolute Gasteiger partial charge is 0.242 e. The molecule has 0 radical (unpaired) electrons. The summed E-state index contributed by atoms with van der Waals surface area (Å²) >= 11 is 4.06. The summed E-state index contributed by atoms with van der Waals surface area (Å²) in [5.74, 6) is 0. The Labute approximate surface area is 82.0 Å². The molecule has 0 spiro atoms. The Kier molecular flexibility index (Phi) is 3.55. The van der Waals surface area contributed by atoms with E-state index in [4.69, 9.17) is 0 Å². The first kappa shape index (κ1) is 11.5. The van der Waals surface area contributed by atoms with Crippen molar-refractivity contribution in [3.63, 3.8) is 0 Å². The van der Waals surface area contributed by atoms with E-state index >= 15 is 0 Å². The topological polar surface area (TPSA) is 12.4 Å². The highest BCUT2D eigenvalue weighted by atomic mass is 32.1. The molecular formula is C7H6F5NS. The van der Waals surface area contributed by atoms with Gasteiger partial charge in [0.15, 0.2) is 30.9 Å². The normalized spacial score (nSPS) is 48.4. The minimum absolute atomic E-state index is 1.63. The Morgan fingerprint density at radius 1 is 0.786 bits per heavy atom. The van der Waals surface area contributed by atoms with E-state index in [0.29, 0.717) is 0 Å². The van der Waals surface area contributed by atoms with Crippen LogP contribution in [-0.2, 0) is 0 Å². The second-order valence-electron chi connectivity index (χ2n) is 2.93. The van der Waals surface area contributed by atoms with Crippen LogP contribution in [0.25, 0.3) is 0 Å². The van der Waals surface area contributed by atoms with Crippen LogP contribution in [0.2, 0.25) is 0 Å². The van der Waals surface area contributed by atoms with Gasteiger partial charge in [-0.2, -0.15) is 0 Å². The molecule has 1 fully saturated rings. The van der Waals surface area contributed by atoms with E-state index in [-0.39, 0.29) is 0 Å². The first-order valence-electron chi connectivity index (χ1n) is 3.78. The molecule has 0 N–H and O–H groups in total. The van der Waals surface area contributed by atoms with Gasteiger partial charge in [0.1, 0.15) is 6.04 Å². The number of hydrogen-bond acceptors (Lipinski definition) is 2. The monoisotopic (exact) mass is 231 g/mol. The molecule has 14 heavy (non-hydrogen) atoms. The number of thiocarbonyl (C=S) groups is 1. The number of alkyl halides is 5. The summed E-state index contributed by atoms with van der Waals surface area (Å²) < 4.78 is 63.7. The number of hydrogen-bond donors (Lipinski definition) is 0. The first-order chi connectivity index (χ1) is 6.50. The van der Waals surface area contributed by atoms with Crippen molar-refractivity contribution in [3.05, 3.63) is 0 Å². The summed E-state index contributed by atoms with van der Waals surface area (Å²) in [4.78, 5) is 2.95. The third kappa shape index (κ3) is 1.79. The fourth-order valence-electron chi connectivity index (χ4n) is 1.28. The lowest BCUT2D eigenvalue weighted by Crippen LogP contribution is -2.55. The molecule has 0 amide bonds. The third-order valence-corrected chi connectivity index (χ3v) is 2.18. The minimum Gasteiger partial charge on any atom is -0.242 e. The number of isothiocyanates is 1. The fraction of sp³-hybridized carbons (Fsp3) is 0.857. The van der Waals surface area contributed by atoms with Gasteiger partial charge in [-0.25, -0.2) is 26.9 Å². The van der Waals surface area contributed by atoms with Crippen molar-refractivity contribution in [2.24, 2.45) is 4.99 Å². The van der Waals surface area contributed by atoms with Gasteiger partial charge in [0.05, 0.1) is 5.16 Å². The van der Waals surface area contributed by atoms with Gasteiger partial charge >= 0.3 is 0 Å². The molecule has 0 saturated heterocycles. The summed E-state index contributed by atoms with van der Waals surface area (Å²) in [5.41, 5.74) is 0. The van der Waals surface area contributed by atoms with E-state index < -0.39 is 36.9 Å². The molecule has 4 unspecified atom stereocenters. The van der Waals surface area contributed by atoms with Crippen molar-refractivity contribution in [1.29, 1.82) is 0 Å². The summed E-state index contributed by atoms with van der Waals surface area (Å²) in [6.45, 7) is 0. The van der Waals surface area contributed by atoms with E-state index in [2.05, 4.69) is 17.2 Å². The van der Waals surface area contributed by atoms with E-state index in [9.17, 15) is 22.0 Å². The molecular weight excluding hydrogens is 225 g/mol. The van der Waals surface area contributed by atoms with Crippen molar-refractivity contribution in [1.82, 2.24) is 0 Å². The predicted molar refractivity (Wildman–Crippen MR) is 43.3 cm³/mol. The van der Waals surface area contributed by atoms with Crippen molar-refractivity contribution < 1.29 is 22.0 Å². The molecule has 0 aliphatic heterocycles. The second-order valence-corrected chi connectivity index (χ2v) is 3.12. The average Bonchev–Trinajstić information content (AvgIpc) is 2.19. The van der Waals surface area contributed by atoms with Crippen LogP contribution in [-0.4, -0.2) is 42.1 Å². The van der Waals surface area contributed by atoms with Crippen molar-refractivity contribution in [2.45, 2.75) is 36.9 Å². The second kappa shape index (κ2) is 4.31. The molecule has 1 aliphatic rings. The third-order valence-electron chi connectivity index (χ3n) is 2.07. The molecule has 1 saturated carbocycles. The Hall–Kier alpha value is -0.550. The minimum atomic E-state index is -2.79. The van der Waals surface area contributed by atoms with Gasteiger partial charge < -0.3 is 0 Å². The molecule has 1 nitrogen and oxygen atoms in total. The van der Waals surface area contributed by atoms with Crippen LogP contribution in [0, 0.1) is 0 Å². The van der Waals surface area contributed by atoms with Gasteiger partial charge in [-0.3, -0.25) is 0 Å². The lowest BCUT2D eigenvalue weighted by atomic mass is 9.88. The van der Waals surface area contributed by atoms with Gasteiger partial charge in [-0.05, 0) is 12.2 Å². The average molecular weight is 231 g/mol. The van der Waals surface area contributed by atoms with Crippen LogP contribution >= 0.6 is 12.2 Å². The van der Waals surface area contributed by atoms with Gasteiger partial charge in [0.25, 0.3) is 0 Å². The molecule has 0 aromatic carbocycles. The van der Waals surface area contributed by atoms with Crippen LogP contribution < -0.4 is 0 Å². The molecule has 0 bridgehead atoms. The van der Waals surface area contributed by atoms with Crippen molar-refractivity contribution in [3.8, 4) is 0 Å². The number of aliphatic imine (C=N–C) groups is 1. The Morgan fingerprint density at radius 2 is 1.14 bits per heavy atom. The molecule has 4 atom stereocenters. The van der Waals surface area contributed by atoms with Gasteiger partial charge in [0.2, 0.25) is 0 Å². The Bertz CT molecular complexity index is 240. The number of halogens is 5. The van der Waals surface area contributed by atoms with Crippen LogP contribution in [0.4, 0.5) is 22.0 Å². The van der Waals surface area contributed by atoms with E-state index in [0.717, 1.165) is 0 Å². The van der Waals surface area contributed by atoms with Crippen molar-refractivity contribution >= 4 is 17.4 Å². The SMILES string of the molecule is FC1C(F)C(F)C(N=C=S)C(F)C1F. The highest BCUT2D eigenvalue weighted by Gasteiger charge is 2.53. The standard InChI is InChI=1S/C7H6F5NS/c8-2-3(9)5(11)7(13-1-14)6(12)4(2)10/h2-7H. The first-order valence-corrected chi connectivity index (χ1v) is 4.19. The van der Waals surface area contributed by atoms with Crippen LogP contribution in [0.15, 0.2) is 4.99 Å². The maximum Gasteiger partial charge on any atom is 0.168 e.